The number of nitrogens with one attached hydrogen (secondary N) is 3. The molecule has 0 saturated heterocycles. The van der Waals surface area contributed by atoms with Gasteiger partial charge in [0.25, 0.3) is 11.8 Å². The molecule has 0 aliphatic carbocycles. The lowest BCUT2D eigenvalue weighted by Crippen LogP contribution is -2.52. The van der Waals surface area contributed by atoms with Gasteiger partial charge in [-0.3, -0.25) is 25.2 Å². The van der Waals surface area contributed by atoms with Gasteiger partial charge in [0.2, 0.25) is 5.91 Å². The topological polar surface area (TPSA) is 110 Å². The molecule has 0 aliphatic heterocycles. The maximum atomic E-state index is 12.4. The van der Waals surface area contributed by atoms with Gasteiger partial charge < -0.3 is 14.5 Å². The van der Waals surface area contributed by atoms with Crippen molar-refractivity contribution < 1.29 is 23.5 Å². The summed E-state index contributed by atoms with van der Waals surface area (Å²) >= 11 is 7.46. The summed E-state index contributed by atoms with van der Waals surface area (Å²) < 4.78 is 10.7. The van der Waals surface area contributed by atoms with Crippen LogP contribution in [-0.4, -0.2) is 42.4 Å². The Morgan fingerprint density at radius 1 is 1.23 bits per heavy atom. The average molecular weight is 468 g/mol. The quantitative estimate of drug-likeness (QED) is 0.346. The third kappa shape index (κ3) is 8.55. The number of hydrazine groups is 1. The van der Waals surface area contributed by atoms with Gasteiger partial charge >= 0.3 is 0 Å². The van der Waals surface area contributed by atoms with Crippen molar-refractivity contribution >= 4 is 41.1 Å². The molecule has 2 aromatic rings. The maximum Gasteiger partial charge on any atom is 0.287 e. The monoisotopic (exact) mass is 467 g/mol. The van der Waals surface area contributed by atoms with Crippen LogP contribution in [0.25, 0.3) is 0 Å². The summed E-state index contributed by atoms with van der Waals surface area (Å²) in [5, 5.41) is 3.25. The fraction of sp³-hybridized carbons (Fsp3) is 0.381. The molecule has 31 heavy (non-hydrogen) atoms. The molecule has 0 fully saturated rings. The Kier molecular flexibility index (Phi) is 10.3. The van der Waals surface area contributed by atoms with Gasteiger partial charge in [0.05, 0.1) is 12.9 Å². The van der Waals surface area contributed by atoms with Crippen molar-refractivity contribution in [1.82, 2.24) is 16.2 Å². The molecule has 8 nitrogen and oxygen atoms in total. The molecular formula is C21H26ClN3O5S. The van der Waals surface area contributed by atoms with Crippen LogP contribution in [0.5, 0.6) is 5.75 Å². The Morgan fingerprint density at radius 2 is 2.03 bits per heavy atom. The number of carbonyl (C=O) groups is 3. The van der Waals surface area contributed by atoms with Crippen LogP contribution in [0.2, 0.25) is 5.02 Å². The number of rotatable bonds is 11. The highest BCUT2D eigenvalue weighted by molar-refractivity contribution is 7.98. The van der Waals surface area contributed by atoms with Crippen LogP contribution in [0, 0.1) is 6.92 Å². The van der Waals surface area contributed by atoms with Crippen molar-refractivity contribution in [2.24, 2.45) is 0 Å². The molecule has 0 spiro atoms. The Bertz CT molecular complexity index is 876. The summed E-state index contributed by atoms with van der Waals surface area (Å²) in [6.45, 7) is 2.24. The number of amides is 3. The number of hydrogen-bond acceptors (Lipinski definition) is 6. The van der Waals surface area contributed by atoms with Gasteiger partial charge in [-0.25, -0.2) is 0 Å². The molecule has 1 heterocycles. The fourth-order valence-electron chi connectivity index (χ4n) is 2.61. The maximum absolute atomic E-state index is 12.4. The lowest BCUT2D eigenvalue weighted by Gasteiger charge is -2.18. The molecule has 1 atom stereocenters. The first-order valence-electron chi connectivity index (χ1n) is 9.71. The van der Waals surface area contributed by atoms with Gasteiger partial charge in [0, 0.05) is 11.4 Å². The highest BCUT2D eigenvalue weighted by Crippen LogP contribution is 2.21. The first-order chi connectivity index (χ1) is 14.9. The van der Waals surface area contributed by atoms with Gasteiger partial charge in [-0.05, 0) is 67.7 Å². The summed E-state index contributed by atoms with van der Waals surface area (Å²) in [5.41, 5.74) is 5.65. The summed E-state index contributed by atoms with van der Waals surface area (Å²) in [7, 11) is 0. The second-order valence-electron chi connectivity index (χ2n) is 6.68. The molecule has 0 aliphatic rings. The van der Waals surface area contributed by atoms with E-state index in [1.807, 2.05) is 13.2 Å². The molecule has 2 rings (SSSR count). The number of halogens is 1. The van der Waals surface area contributed by atoms with Gasteiger partial charge in [-0.1, -0.05) is 11.6 Å². The van der Waals surface area contributed by atoms with Crippen molar-refractivity contribution in [3.05, 3.63) is 52.9 Å². The molecule has 1 unspecified atom stereocenters. The third-order valence-electron chi connectivity index (χ3n) is 4.25. The zero-order valence-corrected chi connectivity index (χ0v) is 19.0. The normalized spacial score (nSPS) is 11.5. The minimum Gasteiger partial charge on any atom is -0.493 e. The van der Waals surface area contributed by atoms with E-state index in [4.69, 9.17) is 20.8 Å². The van der Waals surface area contributed by atoms with Crippen molar-refractivity contribution in [1.29, 1.82) is 0 Å². The standard InChI is InChI=1S/C21H26ClN3O5S/c1-14-13-15(22)7-8-17(14)29-11-4-6-19(26)24-25-20(27)16(9-12-31-2)23-21(28)18-5-3-10-30-18/h3,5,7-8,10,13,16H,4,6,9,11-12H2,1-2H3,(H,23,28)(H,24,26)(H,25,27). The van der Waals surface area contributed by atoms with E-state index in [-0.39, 0.29) is 18.1 Å². The molecule has 1 aromatic heterocycles. The summed E-state index contributed by atoms with van der Waals surface area (Å²) in [5.74, 6) is 0.128. The van der Waals surface area contributed by atoms with E-state index >= 15 is 0 Å². The van der Waals surface area contributed by atoms with E-state index in [1.165, 1.54) is 12.3 Å². The van der Waals surface area contributed by atoms with Crippen LogP contribution < -0.4 is 20.9 Å². The minimum atomic E-state index is -0.804. The van der Waals surface area contributed by atoms with Gasteiger partial charge in [0.15, 0.2) is 5.76 Å². The number of furan rings is 1. The lowest BCUT2D eigenvalue weighted by molar-refractivity contribution is -0.130. The Labute approximate surface area is 190 Å². The van der Waals surface area contributed by atoms with Crippen molar-refractivity contribution in [2.75, 3.05) is 18.6 Å². The summed E-state index contributed by atoms with van der Waals surface area (Å²) in [4.78, 5) is 36.6. The first kappa shape index (κ1) is 24.6. The Morgan fingerprint density at radius 3 is 2.71 bits per heavy atom. The van der Waals surface area contributed by atoms with Gasteiger partial charge in [0.1, 0.15) is 11.8 Å². The highest BCUT2D eigenvalue weighted by Gasteiger charge is 2.22. The van der Waals surface area contributed by atoms with Crippen LogP contribution in [0.15, 0.2) is 41.0 Å². The number of ether oxygens (including phenoxy) is 1. The van der Waals surface area contributed by atoms with E-state index < -0.39 is 17.9 Å². The predicted octanol–water partition coefficient (Wildman–Crippen LogP) is 3.10. The van der Waals surface area contributed by atoms with Crippen LogP contribution in [0.3, 0.4) is 0 Å². The van der Waals surface area contributed by atoms with E-state index in [0.29, 0.717) is 36.0 Å². The van der Waals surface area contributed by atoms with E-state index in [9.17, 15) is 14.4 Å². The molecule has 1 aromatic carbocycles. The molecule has 3 N–H and O–H groups in total. The summed E-state index contributed by atoms with van der Waals surface area (Å²) in [6, 6.07) is 7.62. The molecule has 10 heteroatoms. The molecule has 0 bridgehead atoms. The number of aryl methyl sites for hydroxylation is 1. The number of hydrogen-bond donors (Lipinski definition) is 3. The van der Waals surface area contributed by atoms with Crippen LogP contribution in [-0.2, 0) is 9.59 Å². The minimum absolute atomic E-state index is 0.113. The third-order valence-corrected chi connectivity index (χ3v) is 5.12. The second-order valence-corrected chi connectivity index (χ2v) is 8.11. The van der Waals surface area contributed by atoms with Crippen LogP contribution in [0.1, 0.15) is 35.4 Å². The Hall–Kier alpha value is -2.65. The first-order valence-corrected chi connectivity index (χ1v) is 11.5. The lowest BCUT2D eigenvalue weighted by atomic mass is 10.2. The van der Waals surface area contributed by atoms with Crippen molar-refractivity contribution in [3.63, 3.8) is 0 Å². The van der Waals surface area contributed by atoms with E-state index in [2.05, 4.69) is 16.2 Å². The smallest absolute Gasteiger partial charge is 0.287 e. The Balaban J connectivity index is 1.73. The zero-order chi connectivity index (χ0) is 22.6. The fourth-order valence-corrected chi connectivity index (χ4v) is 3.31. The van der Waals surface area contributed by atoms with Gasteiger partial charge in [-0.2, -0.15) is 11.8 Å². The molecule has 168 valence electrons. The van der Waals surface area contributed by atoms with Crippen molar-refractivity contribution in [3.8, 4) is 5.75 Å². The molecular weight excluding hydrogens is 442 g/mol. The van der Waals surface area contributed by atoms with E-state index in [1.54, 1.807) is 36.0 Å². The largest absolute Gasteiger partial charge is 0.493 e. The number of carbonyl (C=O) groups excluding carboxylic acids is 3. The molecule has 3 amide bonds. The van der Waals surface area contributed by atoms with Crippen LogP contribution >= 0.6 is 23.4 Å². The average Bonchev–Trinajstić information content (AvgIpc) is 3.28. The predicted molar refractivity (Wildman–Crippen MR) is 120 cm³/mol. The zero-order valence-electron chi connectivity index (χ0n) is 17.4. The number of thioether (sulfide) groups is 1. The van der Waals surface area contributed by atoms with Gasteiger partial charge in [-0.15, -0.1) is 0 Å². The molecule has 0 saturated carbocycles. The van der Waals surface area contributed by atoms with Crippen molar-refractivity contribution in [2.45, 2.75) is 32.2 Å². The van der Waals surface area contributed by atoms with E-state index in [0.717, 1.165) is 5.56 Å². The SMILES string of the molecule is CSCCC(NC(=O)c1ccco1)C(=O)NNC(=O)CCCOc1ccc(Cl)cc1C. The summed E-state index contributed by atoms with van der Waals surface area (Å²) in [6.07, 6.45) is 4.32. The highest BCUT2D eigenvalue weighted by atomic mass is 35.5. The number of benzene rings is 1. The molecule has 0 radical (unpaired) electrons. The van der Waals surface area contributed by atoms with Crippen LogP contribution in [0.4, 0.5) is 0 Å². The second kappa shape index (κ2) is 12.9.